The summed E-state index contributed by atoms with van der Waals surface area (Å²) in [6.45, 7) is 7.06. The SMILES string of the molecule is CC(C)(C)OC(=O)NC1CCN(C(=O)C2CCCC2)CC1. The van der Waals surface area contributed by atoms with Crippen molar-refractivity contribution in [3.05, 3.63) is 0 Å². The van der Waals surface area contributed by atoms with E-state index in [1.807, 2.05) is 25.7 Å². The molecule has 0 atom stereocenters. The van der Waals surface area contributed by atoms with Crippen molar-refractivity contribution in [2.75, 3.05) is 13.1 Å². The molecule has 1 N–H and O–H groups in total. The normalized spacial score (nSPS) is 21.4. The molecular formula is C16H28N2O3. The van der Waals surface area contributed by atoms with Crippen LogP contribution in [0, 0.1) is 5.92 Å². The van der Waals surface area contributed by atoms with Crippen LogP contribution in [0.15, 0.2) is 0 Å². The highest BCUT2D eigenvalue weighted by Crippen LogP contribution is 2.27. The molecule has 2 aliphatic rings. The predicted octanol–water partition coefficient (Wildman–Crippen LogP) is 2.69. The van der Waals surface area contributed by atoms with Gasteiger partial charge < -0.3 is 15.0 Å². The van der Waals surface area contributed by atoms with Gasteiger partial charge in [-0.3, -0.25) is 4.79 Å². The Balaban J connectivity index is 1.73. The second kappa shape index (κ2) is 6.67. The van der Waals surface area contributed by atoms with Gasteiger partial charge in [0.15, 0.2) is 0 Å². The smallest absolute Gasteiger partial charge is 0.407 e. The predicted molar refractivity (Wildman–Crippen MR) is 80.9 cm³/mol. The third kappa shape index (κ3) is 4.90. The van der Waals surface area contributed by atoms with Gasteiger partial charge in [0, 0.05) is 25.0 Å². The van der Waals surface area contributed by atoms with Gasteiger partial charge in [0.1, 0.15) is 5.60 Å². The summed E-state index contributed by atoms with van der Waals surface area (Å²) in [6.07, 6.45) is 5.75. The lowest BCUT2D eigenvalue weighted by Crippen LogP contribution is -2.48. The van der Waals surface area contributed by atoms with Gasteiger partial charge in [-0.25, -0.2) is 4.79 Å². The van der Waals surface area contributed by atoms with Crippen LogP contribution in [0.5, 0.6) is 0 Å². The summed E-state index contributed by atoms with van der Waals surface area (Å²) in [4.78, 5) is 26.0. The second-order valence-electron chi connectivity index (χ2n) is 7.23. The van der Waals surface area contributed by atoms with E-state index < -0.39 is 5.60 Å². The number of hydrogen-bond acceptors (Lipinski definition) is 3. The number of carbonyl (C=O) groups is 2. The van der Waals surface area contributed by atoms with Crippen molar-refractivity contribution in [1.29, 1.82) is 0 Å². The Bertz CT molecular complexity index is 375. The van der Waals surface area contributed by atoms with Crippen molar-refractivity contribution < 1.29 is 14.3 Å². The first-order valence-electron chi connectivity index (χ1n) is 8.13. The second-order valence-corrected chi connectivity index (χ2v) is 7.23. The molecule has 1 aliphatic heterocycles. The molecule has 21 heavy (non-hydrogen) atoms. The van der Waals surface area contributed by atoms with E-state index >= 15 is 0 Å². The summed E-state index contributed by atoms with van der Waals surface area (Å²) in [5, 5.41) is 2.91. The van der Waals surface area contributed by atoms with Crippen LogP contribution in [0.3, 0.4) is 0 Å². The molecule has 5 nitrogen and oxygen atoms in total. The van der Waals surface area contributed by atoms with Crippen LogP contribution in [0.2, 0.25) is 0 Å². The van der Waals surface area contributed by atoms with Crippen LogP contribution in [0.25, 0.3) is 0 Å². The number of likely N-dealkylation sites (tertiary alicyclic amines) is 1. The molecule has 0 aromatic heterocycles. The van der Waals surface area contributed by atoms with Crippen LogP contribution >= 0.6 is 0 Å². The van der Waals surface area contributed by atoms with Crippen molar-refractivity contribution in [1.82, 2.24) is 10.2 Å². The molecule has 1 aliphatic carbocycles. The first kappa shape index (κ1) is 16.1. The maximum atomic E-state index is 12.3. The van der Waals surface area contributed by atoms with Gasteiger partial charge in [0.25, 0.3) is 0 Å². The minimum atomic E-state index is -0.469. The van der Waals surface area contributed by atoms with E-state index in [9.17, 15) is 9.59 Å². The van der Waals surface area contributed by atoms with Gasteiger partial charge in [-0.1, -0.05) is 12.8 Å². The number of nitrogens with zero attached hydrogens (tertiary/aromatic N) is 1. The minimum Gasteiger partial charge on any atom is -0.444 e. The summed E-state index contributed by atoms with van der Waals surface area (Å²) < 4.78 is 5.27. The van der Waals surface area contributed by atoms with Crippen molar-refractivity contribution in [3.8, 4) is 0 Å². The summed E-state index contributed by atoms with van der Waals surface area (Å²) >= 11 is 0. The van der Waals surface area contributed by atoms with Gasteiger partial charge in [-0.2, -0.15) is 0 Å². The molecule has 1 heterocycles. The minimum absolute atomic E-state index is 0.118. The molecule has 1 saturated carbocycles. The lowest BCUT2D eigenvalue weighted by Gasteiger charge is -2.34. The number of amides is 2. The largest absolute Gasteiger partial charge is 0.444 e. The monoisotopic (exact) mass is 296 g/mol. The first-order valence-corrected chi connectivity index (χ1v) is 8.13. The highest BCUT2D eigenvalue weighted by Gasteiger charge is 2.30. The van der Waals surface area contributed by atoms with Crippen LogP contribution in [0.4, 0.5) is 4.79 Å². The number of hydrogen-bond donors (Lipinski definition) is 1. The van der Waals surface area contributed by atoms with E-state index in [1.165, 1.54) is 12.8 Å². The Morgan fingerprint density at radius 3 is 2.14 bits per heavy atom. The molecule has 2 rings (SSSR count). The Hall–Kier alpha value is -1.26. The molecule has 0 radical (unpaired) electrons. The Morgan fingerprint density at radius 1 is 1.05 bits per heavy atom. The number of ether oxygens (including phenoxy) is 1. The lowest BCUT2D eigenvalue weighted by atomic mass is 10.0. The third-order valence-electron chi connectivity index (χ3n) is 4.23. The highest BCUT2D eigenvalue weighted by molar-refractivity contribution is 5.79. The molecule has 0 bridgehead atoms. The zero-order valence-corrected chi connectivity index (χ0v) is 13.5. The van der Waals surface area contributed by atoms with Gasteiger partial charge in [0.2, 0.25) is 5.91 Å². The number of piperidine rings is 1. The van der Waals surface area contributed by atoms with Crippen molar-refractivity contribution in [2.45, 2.75) is 70.9 Å². The molecular weight excluding hydrogens is 268 g/mol. The zero-order chi connectivity index (χ0) is 15.5. The third-order valence-corrected chi connectivity index (χ3v) is 4.23. The highest BCUT2D eigenvalue weighted by atomic mass is 16.6. The average molecular weight is 296 g/mol. The molecule has 0 aromatic carbocycles. The number of carbonyl (C=O) groups excluding carboxylic acids is 2. The fraction of sp³-hybridized carbons (Fsp3) is 0.875. The molecule has 5 heteroatoms. The van der Waals surface area contributed by atoms with E-state index in [-0.39, 0.29) is 18.1 Å². The topological polar surface area (TPSA) is 58.6 Å². The van der Waals surface area contributed by atoms with E-state index in [4.69, 9.17) is 4.74 Å². The number of alkyl carbamates (subject to hydrolysis) is 1. The van der Waals surface area contributed by atoms with E-state index in [1.54, 1.807) is 0 Å². The summed E-state index contributed by atoms with van der Waals surface area (Å²) in [5.41, 5.74) is -0.469. The Morgan fingerprint density at radius 2 is 1.62 bits per heavy atom. The van der Waals surface area contributed by atoms with Gasteiger partial charge in [0.05, 0.1) is 0 Å². The van der Waals surface area contributed by atoms with Crippen molar-refractivity contribution >= 4 is 12.0 Å². The summed E-state index contributed by atoms with van der Waals surface area (Å²) in [5.74, 6) is 0.573. The van der Waals surface area contributed by atoms with E-state index in [0.29, 0.717) is 5.91 Å². The molecule has 2 amide bonds. The summed E-state index contributed by atoms with van der Waals surface area (Å²) in [7, 11) is 0. The number of rotatable bonds is 2. The molecule has 1 saturated heterocycles. The van der Waals surface area contributed by atoms with Crippen LogP contribution < -0.4 is 5.32 Å². The lowest BCUT2D eigenvalue weighted by molar-refractivity contribution is -0.136. The molecule has 2 fully saturated rings. The maximum absolute atomic E-state index is 12.3. The fourth-order valence-corrected chi connectivity index (χ4v) is 3.15. The van der Waals surface area contributed by atoms with Crippen LogP contribution in [-0.2, 0) is 9.53 Å². The zero-order valence-electron chi connectivity index (χ0n) is 13.5. The van der Waals surface area contributed by atoms with Gasteiger partial charge >= 0.3 is 6.09 Å². The van der Waals surface area contributed by atoms with Crippen LogP contribution in [-0.4, -0.2) is 41.6 Å². The standard InChI is InChI=1S/C16H28N2O3/c1-16(2,3)21-15(20)17-13-8-10-18(11-9-13)14(19)12-6-4-5-7-12/h12-13H,4-11H2,1-3H3,(H,17,20). The van der Waals surface area contributed by atoms with Crippen molar-refractivity contribution in [2.24, 2.45) is 5.92 Å². The maximum Gasteiger partial charge on any atom is 0.407 e. The van der Waals surface area contributed by atoms with E-state index in [0.717, 1.165) is 38.8 Å². The molecule has 0 aromatic rings. The quantitative estimate of drug-likeness (QED) is 0.852. The van der Waals surface area contributed by atoms with Gasteiger partial charge in [-0.15, -0.1) is 0 Å². The van der Waals surface area contributed by atoms with Crippen LogP contribution in [0.1, 0.15) is 59.3 Å². The number of nitrogens with one attached hydrogen (secondary N) is 1. The molecule has 0 spiro atoms. The molecule has 0 unspecified atom stereocenters. The first-order chi connectivity index (χ1) is 9.85. The van der Waals surface area contributed by atoms with Gasteiger partial charge in [-0.05, 0) is 46.5 Å². The average Bonchev–Trinajstić information content (AvgIpc) is 2.90. The molecule has 120 valence electrons. The Kier molecular flexibility index (Phi) is 5.12. The van der Waals surface area contributed by atoms with Crippen molar-refractivity contribution in [3.63, 3.8) is 0 Å². The Labute approximate surface area is 127 Å². The summed E-state index contributed by atoms with van der Waals surface area (Å²) in [6, 6.07) is 0.118. The van der Waals surface area contributed by atoms with E-state index in [2.05, 4.69) is 5.32 Å². The fourth-order valence-electron chi connectivity index (χ4n) is 3.15.